The molecule has 0 spiro atoms. The molecule has 38 heavy (non-hydrogen) atoms. The van der Waals surface area contributed by atoms with E-state index < -0.39 is 0 Å². The Kier molecular flexibility index (Phi) is 6.70. The largest absolute Gasteiger partial charge is 0.455 e. The molecule has 2 amide bonds. The van der Waals surface area contributed by atoms with Crippen LogP contribution in [0.15, 0.2) is 85.1 Å². The van der Waals surface area contributed by atoms with Crippen LogP contribution in [0.1, 0.15) is 30.5 Å². The van der Waals surface area contributed by atoms with Gasteiger partial charge in [0.2, 0.25) is 0 Å². The van der Waals surface area contributed by atoms with Crippen molar-refractivity contribution in [2.45, 2.75) is 31.3 Å². The average Bonchev–Trinajstić information content (AvgIpc) is 3.62. The number of anilines is 1. The summed E-state index contributed by atoms with van der Waals surface area (Å²) in [6.45, 7) is 6.30. The summed E-state index contributed by atoms with van der Waals surface area (Å²) in [6, 6.07) is 25.8. The van der Waals surface area contributed by atoms with Gasteiger partial charge in [-0.15, -0.1) is 0 Å². The molecule has 2 unspecified atom stereocenters. The van der Waals surface area contributed by atoms with Crippen molar-refractivity contribution in [2.24, 2.45) is 0 Å². The first kappa shape index (κ1) is 24.4. The summed E-state index contributed by atoms with van der Waals surface area (Å²) in [7, 11) is 0. The maximum atomic E-state index is 13.0. The topological polar surface area (TPSA) is 75.7 Å². The highest BCUT2D eigenvalue weighted by molar-refractivity contribution is 6.04. The number of fused-ring (bicyclic) bond motifs is 1. The maximum Gasteiger partial charge on any atom is 0.319 e. The molecule has 4 aromatic rings. The minimum atomic E-state index is -0.245. The SMILES string of the molecule is CC1(NC(=O)Nc2ccc(Oc3ccc(CN4CCOCC4)nc3)c3ccccc23)CC1c1ccccc1. The lowest BCUT2D eigenvalue weighted by molar-refractivity contribution is 0.0336. The van der Waals surface area contributed by atoms with Gasteiger partial charge in [0.1, 0.15) is 11.5 Å². The number of morpholine rings is 1. The Labute approximate surface area is 222 Å². The second-order valence-electron chi connectivity index (χ2n) is 10.3. The van der Waals surface area contributed by atoms with Crippen molar-refractivity contribution in [2.75, 3.05) is 31.6 Å². The molecule has 2 aliphatic rings. The van der Waals surface area contributed by atoms with Crippen molar-refractivity contribution >= 4 is 22.5 Å². The van der Waals surface area contributed by atoms with Crippen LogP contribution in [0.3, 0.4) is 0 Å². The number of urea groups is 1. The van der Waals surface area contributed by atoms with Crippen LogP contribution in [0.25, 0.3) is 10.8 Å². The fourth-order valence-electron chi connectivity index (χ4n) is 5.24. The van der Waals surface area contributed by atoms with E-state index in [1.165, 1.54) is 5.56 Å². The molecular formula is C31H32N4O3. The fourth-order valence-corrected chi connectivity index (χ4v) is 5.24. The third-order valence-electron chi connectivity index (χ3n) is 7.49. The molecule has 6 rings (SSSR count). The summed E-state index contributed by atoms with van der Waals surface area (Å²) in [5.74, 6) is 1.72. The van der Waals surface area contributed by atoms with Crippen molar-refractivity contribution in [3.8, 4) is 11.5 Å². The third kappa shape index (κ3) is 5.35. The first-order valence-corrected chi connectivity index (χ1v) is 13.2. The number of ether oxygens (including phenoxy) is 2. The van der Waals surface area contributed by atoms with Gasteiger partial charge in [0.05, 0.1) is 30.8 Å². The molecule has 194 valence electrons. The Morgan fingerprint density at radius 3 is 2.53 bits per heavy atom. The smallest absolute Gasteiger partial charge is 0.319 e. The van der Waals surface area contributed by atoms with E-state index in [1.807, 2.05) is 66.7 Å². The van der Waals surface area contributed by atoms with Gasteiger partial charge in [0.15, 0.2) is 0 Å². The van der Waals surface area contributed by atoms with Gasteiger partial charge in [-0.3, -0.25) is 9.88 Å². The van der Waals surface area contributed by atoms with Crippen LogP contribution in [0.2, 0.25) is 0 Å². The highest BCUT2D eigenvalue weighted by atomic mass is 16.5. The maximum absolute atomic E-state index is 13.0. The van der Waals surface area contributed by atoms with Crippen LogP contribution in [-0.4, -0.2) is 47.8 Å². The highest BCUT2D eigenvalue weighted by Gasteiger charge is 2.51. The molecule has 0 bridgehead atoms. The number of hydrogen-bond acceptors (Lipinski definition) is 5. The monoisotopic (exact) mass is 508 g/mol. The Balaban J connectivity index is 1.13. The third-order valence-corrected chi connectivity index (χ3v) is 7.49. The molecule has 1 aliphatic heterocycles. The lowest BCUT2D eigenvalue weighted by Gasteiger charge is -2.26. The minimum absolute atomic E-state index is 0.204. The van der Waals surface area contributed by atoms with Gasteiger partial charge in [0, 0.05) is 41.9 Å². The molecule has 1 saturated carbocycles. The standard InChI is InChI=1S/C31H32N4O3/c1-31(19-27(31)22-7-3-2-4-8-22)34-30(36)33-28-13-14-29(26-10-6-5-9-25(26)28)38-24-12-11-23(32-20-24)21-35-15-17-37-18-16-35/h2-14,20,27H,15-19,21H2,1H3,(H2,33,34,36). The van der Waals surface area contributed by atoms with E-state index in [4.69, 9.17) is 9.47 Å². The number of benzene rings is 3. The first-order valence-electron chi connectivity index (χ1n) is 13.2. The van der Waals surface area contributed by atoms with Gasteiger partial charge in [0.25, 0.3) is 0 Å². The van der Waals surface area contributed by atoms with Crippen LogP contribution >= 0.6 is 0 Å². The van der Waals surface area contributed by atoms with E-state index in [9.17, 15) is 4.79 Å². The predicted octanol–water partition coefficient (Wildman–Crippen LogP) is 5.93. The highest BCUT2D eigenvalue weighted by Crippen LogP contribution is 2.51. The first-order chi connectivity index (χ1) is 18.6. The average molecular weight is 509 g/mol. The quantitative estimate of drug-likeness (QED) is 0.324. The van der Waals surface area contributed by atoms with Crippen molar-refractivity contribution in [3.63, 3.8) is 0 Å². The van der Waals surface area contributed by atoms with Crippen molar-refractivity contribution in [1.82, 2.24) is 15.2 Å². The van der Waals surface area contributed by atoms with E-state index in [0.29, 0.717) is 17.4 Å². The molecule has 1 aromatic heterocycles. The summed E-state index contributed by atoms with van der Waals surface area (Å²) in [5, 5.41) is 8.07. The van der Waals surface area contributed by atoms with Gasteiger partial charge in [-0.2, -0.15) is 0 Å². The molecule has 7 heteroatoms. The lowest BCUT2D eigenvalue weighted by Crippen LogP contribution is -2.38. The van der Waals surface area contributed by atoms with Crippen LogP contribution in [0.4, 0.5) is 10.5 Å². The van der Waals surface area contributed by atoms with E-state index in [-0.39, 0.29) is 11.6 Å². The predicted molar refractivity (Wildman–Crippen MR) is 149 cm³/mol. The van der Waals surface area contributed by atoms with Gasteiger partial charge >= 0.3 is 6.03 Å². The molecule has 0 radical (unpaired) electrons. The minimum Gasteiger partial charge on any atom is -0.455 e. The second kappa shape index (κ2) is 10.4. The van der Waals surface area contributed by atoms with Crippen LogP contribution in [0.5, 0.6) is 11.5 Å². The Morgan fingerprint density at radius 1 is 1.00 bits per heavy atom. The summed E-state index contributed by atoms with van der Waals surface area (Å²) < 4.78 is 11.6. The number of hydrogen-bond donors (Lipinski definition) is 2. The fraction of sp³-hybridized carbons (Fsp3) is 0.290. The number of rotatable bonds is 7. The number of pyridine rings is 1. The van der Waals surface area contributed by atoms with Crippen molar-refractivity contribution in [1.29, 1.82) is 0 Å². The molecule has 1 saturated heterocycles. The second-order valence-corrected chi connectivity index (χ2v) is 10.3. The van der Waals surface area contributed by atoms with Crippen LogP contribution < -0.4 is 15.4 Å². The number of carbonyl (C=O) groups is 1. The molecule has 7 nitrogen and oxygen atoms in total. The Bertz CT molecular complexity index is 1420. The number of nitrogens with zero attached hydrogens (tertiary/aromatic N) is 2. The van der Waals surface area contributed by atoms with Crippen LogP contribution in [-0.2, 0) is 11.3 Å². The van der Waals surface area contributed by atoms with E-state index in [0.717, 1.165) is 61.4 Å². The van der Waals surface area contributed by atoms with Gasteiger partial charge in [-0.1, -0.05) is 54.6 Å². The van der Waals surface area contributed by atoms with E-state index in [2.05, 4.69) is 39.6 Å². The Hall–Kier alpha value is -3.94. The van der Waals surface area contributed by atoms with Crippen molar-refractivity contribution in [3.05, 3.63) is 96.3 Å². The zero-order valence-electron chi connectivity index (χ0n) is 21.5. The number of carbonyl (C=O) groups excluding carboxylic acids is 1. The number of aromatic nitrogens is 1. The Morgan fingerprint density at radius 2 is 1.76 bits per heavy atom. The molecule has 2 heterocycles. The molecular weight excluding hydrogens is 476 g/mol. The van der Waals surface area contributed by atoms with Crippen molar-refractivity contribution < 1.29 is 14.3 Å². The van der Waals surface area contributed by atoms with Gasteiger partial charge in [-0.05, 0) is 43.2 Å². The van der Waals surface area contributed by atoms with E-state index in [1.54, 1.807) is 6.20 Å². The summed E-state index contributed by atoms with van der Waals surface area (Å²) in [5.41, 5.74) is 2.76. The molecule has 2 atom stereocenters. The number of amides is 2. The summed E-state index contributed by atoms with van der Waals surface area (Å²) in [4.78, 5) is 19.9. The zero-order chi connectivity index (χ0) is 26.0. The van der Waals surface area contributed by atoms with Crippen LogP contribution in [0, 0.1) is 0 Å². The molecule has 2 N–H and O–H groups in total. The molecule has 3 aromatic carbocycles. The molecule has 1 aliphatic carbocycles. The zero-order valence-corrected chi connectivity index (χ0v) is 21.5. The normalized spacial score (nSPS) is 21.1. The summed E-state index contributed by atoms with van der Waals surface area (Å²) in [6.07, 6.45) is 2.70. The lowest BCUT2D eigenvalue weighted by atomic mass is 10.1. The van der Waals surface area contributed by atoms with Gasteiger partial charge in [-0.25, -0.2) is 4.79 Å². The van der Waals surface area contributed by atoms with Gasteiger partial charge < -0.3 is 20.1 Å². The number of nitrogens with one attached hydrogen (secondary N) is 2. The molecule has 2 fully saturated rings. The van der Waals surface area contributed by atoms with E-state index >= 15 is 0 Å². The summed E-state index contributed by atoms with van der Waals surface area (Å²) >= 11 is 0.